The lowest BCUT2D eigenvalue weighted by molar-refractivity contribution is 0.431. The molecule has 7 heteroatoms. The predicted octanol–water partition coefficient (Wildman–Crippen LogP) is 5.06. The van der Waals surface area contributed by atoms with Crippen LogP contribution in [0, 0.1) is 11.6 Å². The molecule has 3 heterocycles. The molecular weight excluding hydrogens is 410 g/mol. The van der Waals surface area contributed by atoms with Crippen molar-refractivity contribution in [3.63, 3.8) is 0 Å². The number of hydrogen-bond donors (Lipinski definition) is 1. The minimum atomic E-state index is -0.452. The molecule has 0 spiro atoms. The molecule has 2 aromatic heterocycles. The first kappa shape index (κ1) is 20.2. The molecule has 1 N–H and O–H groups in total. The molecule has 0 radical (unpaired) electrons. The molecule has 0 aliphatic carbocycles. The van der Waals surface area contributed by atoms with Crippen LogP contribution in [0.15, 0.2) is 77.5 Å². The summed E-state index contributed by atoms with van der Waals surface area (Å²) >= 11 is 0. The Hall–Kier alpha value is -3.71. The molecule has 0 fully saturated rings. The fourth-order valence-electron chi connectivity index (χ4n) is 3.92. The van der Waals surface area contributed by atoms with Crippen LogP contribution in [0.25, 0.3) is 28.5 Å². The highest BCUT2D eigenvalue weighted by molar-refractivity contribution is 5.74. The molecule has 1 aliphatic heterocycles. The van der Waals surface area contributed by atoms with Crippen molar-refractivity contribution < 1.29 is 13.3 Å². The Morgan fingerprint density at radius 1 is 0.969 bits per heavy atom. The van der Waals surface area contributed by atoms with E-state index in [1.807, 2.05) is 24.3 Å². The summed E-state index contributed by atoms with van der Waals surface area (Å²) in [5, 5.41) is 7.46. The van der Waals surface area contributed by atoms with Gasteiger partial charge in [-0.05, 0) is 66.4 Å². The lowest BCUT2D eigenvalue weighted by Gasteiger charge is -2.26. The monoisotopic (exact) mass is 430 g/mol. The number of hydrogen-bond acceptors (Lipinski definition) is 5. The predicted molar refractivity (Wildman–Crippen MR) is 117 cm³/mol. The summed E-state index contributed by atoms with van der Waals surface area (Å²) in [5.41, 5.74) is 3.88. The zero-order valence-corrected chi connectivity index (χ0v) is 17.1. The van der Waals surface area contributed by atoms with Gasteiger partial charge in [-0.25, -0.2) is 13.8 Å². The minimum Gasteiger partial charge on any atom is -0.334 e. The third-order valence-corrected chi connectivity index (χ3v) is 5.42. The van der Waals surface area contributed by atoms with Crippen molar-refractivity contribution in [1.82, 2.24) is 20.4 Å². The summed E-state index contributed by atoms with van der Waals surface area (Å²) in [7, 11) is 0. The normalized spacial score (nSPS) is 16.1. The van der Waals surface area contributed by atoms with Crippen LogP contribution in [-0.4, -0.2) is 27.7 Å². The minimum absolute atomic E-state index is 0.0717. The third kappa shape index (κ3) is 4.33. The summed E-state index contributed by atoms with van der Waals surface area (Å²) in [6, 6.07) is 17.8. The molecule has 5 rings (SSSR count). The average Bonchev–Trinajstić information content (AvgIpc) is 3.31. The second-order valence-electron chi connectivity index (χ2n) is 7.66. The van der Waals surface area contributed by atoms with Gasteiger partial charge in [0.25, 0.3) is 5.89 Å². The lowest BCUT2D eigenvalue weighted by Crippen LogP contribution is -2.35. The summed E-state index contributed by atoms with van der Waals surface area (Å²) in [6.45, 7) is 0.876. The van der Waals surface area contributed by atoms with E-state index in [9.17, 15) is 8.78 Å². The van der Waals surface area contributed by atoms with Gasteiger partial charge in [0.1, 0.15) is 17.3 Å². The fraction of sp³-hybridized carbons (Fsp3) is 0.160. The summed E-state index contributed by atoms with van der Waals surface area (Å²) in [4.78, 5) is 8.29. The SMILES string of the molecule is Fc1ccc(-c2noc(-c3cc(F)cc(C4=CCCNC4Cc4ccccc4)c3)n2)nc1. The lowest BCUT2D eigenvalue weighted by atomic mass is 9.89. The quantitative estimate of drug-likeness (QED) is 0.479. The van der Waals surface area contributed by atoms with E-state index in [0.29, 0.717) is 11.3 Å². The molecule has 0 saturated carbocycles. The second kappa shape index (κ2) is 8.80. The largest absolute Gasteiger partial charge is 0.334 e. The number of pyridine rings is 1. The van der Waals surface area contributed by atoms with Crippen molar-refractivity contribution in [2.75, 3.05) is 6.54 Å². The highest BCUT2D eigenvalue weighted by Gasteiger charge is 2.21. The van der Waals surface area contributed by atoms with Gasteiger partial charge in [0.15, 0.2) is 0 Å². The maximum atomic E-state index is 14.6. The smallest absolute Gasteiger partial charge is 0.258 e. The van der Waals surface area contributed by atoms with Gasteiger partial charge >= 0.3 is 0 Å². The highest BCUT2D eigenvalue weighted by Crippen LogP contribution is 2.30. The average molecular weight is 430 g/mol. The number of halogens is 2. The first-order chi connectivity index (χ1) is 15.7. The number of aromatic nitrogens is 3. The summed E-state index contributed by atoms with van der Waals surface area (Å²) < 4.78 is 33.1. The number of rotatable bonds is 5. The van der Waals surface area contributed by atoms with Gasteiger partial charge in [-0.2, -0.15) is 4.98 Å². The zero-order chi connectivity index (χ0) is 21.9. The summed E-state index contributed by atoms with van der Waals surface area (Å²) in [6.07, 6.45) is 4.91. The van der Waals surface area contributed by atoms with Crippen LogP contribution in [0.2, 0.25) is 0 Å². The number of benzene rings is 2. The van der Waals surface area contributed by atoms with Crippen LogP contribution >= 0.6 is 0 Å². The van der Waals surface area contributed by atoms with Crippen LogP contribution in [0.5, 0.6) is 0 Å². The van der Waals surface area contributed by atoms with E-state index in [4.69, 9.17) is 4.52 Å². The fourth-order valence-corrected chi connectivity index (χ4v) is 3.92. The molecule has 5 nitrogen and oxygen atoms in total. The van der Waals surface area contributed by atoms with Gasteiger partial charge in [0.2, 0.25) is 5.82 Å². The Bertz CT molecular complexity index is 1250. The Kier molecular flexibility index (Phi) is 5.56. The standard InChI is InChI=1S/C25H20F2N4O/c26-19-8-9-22(29-15-19)24-30-25(32-31-24)18-12-17(13-20(27)14-18)21-7-4-10-28-23(21)11-16-5-2-1-3-6-16/h1-3,5-9,12-15,23,28H,4,10-11H2. The molecule has 1 unspecified atom stereocenters. The van der Waals surface area contributed by atoms with E-state index in [0.717, 1.165) is 36.7 Å². The molecular formula is C25H20F2N4O. The first-order valence-corrected chi connectivity index (χ1v) is 10.4. The second-order valence-corrected chi connectivity index (χ2v) is 7.66. The summed E-state index contributed by atoms with van der Waals surface area (Å²) in [5.74, 6) is -0.448. The molecule has 1 atom stereocenters. The van der Waals surface area contributed by atoms with Gasteiger partial charge in [-0.15, -0.1) is 0 Å². The van der Waals surface area contributed by atoms with Crippen molar-refractivity contribution in [1.29, 1.82) is 0 Å². The molecule has 2 aromatic carbocycles. The van der Waals surface area contributed by atoms with Gasteiger partial charge in [0, 0.05) is 11.6 Å². The van der Waals surface area contributed by atoms with Gasteiger partial charge in [-0.3, -0.25) is 0 Å². The molecule has 4 aromatic rings. The van der Waals surface area contributed by atoms with Crippen LogP contribution in [-0.2, 0) is 6.42 Å². The Balaban J connectivity index is 1.46. The van der Waals surface area contributed by atoms with Gasteiger partial charge < -0.3 is 9.84 Å². The van der Waals surface area contributed by atoms with E-state index in [-0.39, 0.29) is 23.6 Å². The van der Waals surface area contributed by atoms with E-state index < -0.39 is 5.82 Å². The topological polar surface area (TPSA) is 63.8 Å². The van der Waals surface area contributed by atoms with E-state index >= 15 is 0 Å². The van der Waals surface area contributed by atoms with Crippen molar-refractivity contribution >= 4 is 5.57 Å². The van der Waals surface area contributed by atoms with E-state index in [1.54, 1.807) is 0 Å². The molecule has 1 aliphatic rings. The Labute approximate surface area is 183 Å². The van der Waals surface area contributed by atoms with Crippen LogP contribution in [0.3, 0.4) is 0 Å². The van der Waals surface area contributed by atoms with Crippen LogP contribution in [0.1, 0.15) is 17.5 Å². The first-order valence-electron chi connectivity index (χ1n) is 10.4. The van der Waals surface area contributed by atoms with Crippen LogP contribution < -0.4 is 5.32 Å². The van der Waals surface area contributed by atoms with Crippen molar-refractivity contribution in [3.05, 3.63) is 95.7 Å². The molecule has 0 amide bonds. The molecule has 0 bridgehead atoms. The highest BCUT2D eigenvalue weighted by atomic mass is 19.1. The Morgan fingerprint density at radius 3 is 2.62 bits per heavy atom. The van der Waals surface area contributed by atoms with Crippen molar-refractivity contribution in [3.8, 4) is 23.0 Å². The maximum absolute atomic E-state index is 14.6. The van der Waals surface area contributed by atoms with E-state index in [1.165, 1.54) is 29.8 Å². The zero-order valence-electron chi connectivity index (χ0n) is 17.1. The van der Waals surface area contributed by atoms with Gasteiger partial charge in [-0.1, -0.05) is 41.6 Å². The van der Waals surface area contributed by atoms with Crippen molar-refractivity contribution in [2.24, 2.45) is 0 Å². The maximum Gasteiger partial charge on any atom is 0.258 e. The molecule has 0 saturated heterocycles. The third-order valence-electron chi connectivity index (χ3n) is 5.42. The number of nitrogens with zero attached hydrogens (tertiary/aromatic N) is 3. The molecule has 32 heavy (non-hydrogen) atoms. The molecule has 160 valence electrons. The van der Waals surface area contributed by atoms with E-state index in [2.05, 4.69) is 38.7 Å². The Morgan fingerprint density at radius 2 is 1.81 bits per heavy atom. The van der Waals surface area contributed by atoms with Crippen LogP contribution in [0.4, 0.5) is 8.78 Å². The van der Waals surface area contributed by atoms with Gasteiger partial charge in [0.05, 0.1) is 6.20 Å². The number of nitrogens with one attached hydrogen (secondary N) is 1. The van der Waals surface area contributed by atoms with Crippen molar-refractivity contribution in [2.45, 2.75) is 18.9 Å².